The Morgan fingerprint density at radius 1 is 1.17 bits per heavy atom. The van der Waals surface area contributed by atoms with Gasteiger partial charge in [-0.25, -0.2) is 0 Å². The first-order valence-corrected chi connectivity index (χ1v) is 7.58. The fraction of sp³-hybridized carbons (Fsp3) is 0.800. The molecule has 1 heterocycles. The van der Waals surface area contributed by atoms with Gasteiger partial charge in [0.15, 0.2) is 0 Å². The summed E-state index contributed by atoms with van der Waals surface area (Å²) in [6.07, 6.45) is 9.61. The van der Waals surface area contributed by atoms with Crippen molar-refractivity contribution in [2.75, 3.05) is 6.54 Å². The van der Waals surface area contributed by atoms with Crippen LogP contribution in [-0.2, 0) is 6.54 Å². The predicted octanol–water partition coefficient (Wildman–Crippen LogP) is 3.91. The molecule has 104 valence electrons. The molecule has 0 aliphatic carbocycles. The van der Waals surface area contributed by atoms with E-state index in [1.165, 1.54) is 37.8 Å². The first-order chi connectivity index (χ1) is 8.83. The van der Waals surface area contributed by atoms with Gasteiger partial charge in [0.2, 0.25) is 0 Å². The highest BCUT2D eigenvalue weighted by Crippen LogP contribution is 2.20. The quantitative estimate of drug-likeness (QED) is 0.639. The van der Waals surface area contributed by atoms with Crippen molar-refractivity contribution in [3.8, 4) is 0 Å². The van der Waals surface area contributed by atoms with E-state index in [0.717, 1.165) is 19.5 Å². The number of aryl methyl sites for hydroxylation is 1. The maximum atomic E-state index is 4.43. The fourth-order valence-corrected chi connectivity index (χ4v) is 2.41. The lowest BCUT2D eigenvalue weighted by Crippen LogP contribution is -2.24. The molecule has 1 aromatic rings. The van der Waals surface area contributed by atoms with E-state index in [4.69, 9.17) is 0 Å². The summed E-state index contributed by atoms with van der Waals surface area (Å²) in [5.74, 6) is 0. The first-order valence-electron chi connectivity index (χ1n) is 7.58. The lowest BCUT2D eigenvalue weighted by Gasteiger charge is -2.19. The maximum Gasteiger partial charge on any atom is 0.0553 e. The van der Waals surface area contributed by atoms with Crippen LogP contribution < -0.4 is 5.32 Å². The second kappa shape index (κ2) is 9.15. The summed E-state index contributed by atoms with van der Waals surface area (Å²) >= 11 is 0. The molecule has 0 radical (unpaired) electrons. The number of rotatable bonds is 10. The number of aromatic nitrogens is 2. The molecule has 0 saturated heterocycles. The van der Waals surface area contributed by atoms with Crippen LogP contribution in [0.4, 0.5) is 0 Å². The van der Waals surface area contributed by atoms with E-state index in [-0.39, 0.29) is 0 Å². The Kier molecular flexibility index (Phi) is 7.74. The molecule has 0 spiro atoms. The van der Waals surface area contributed by atoms with E-state index in [2.05, 4.69) is 41.9 Å². The lowest BCUT2D eigenvalue weighted by atomic mass is 10.0. The molecule has 0 aliphatic heterocycles. The molecule has 3 heteroatoms. The molecule has 1 N–H and O–H groups in total. The Bertz CT molecular complexity index is 306. The van der Waals surface area contributed by atoms with Gasteiger partial charge < -0.3 is 5.32 Å². The van der Waals surface area contributed by atoms with E-state index in [1.807, 2.05) is 6.20 Å². The number of hydrogen-bond donors (Lipinski definition) is 1. The van der Waals surface area contributed by atoms with E-state index in [9.17, 15) is 0 Å². The molecule has 0 aromatic carbocycles. The van der Waals surface area contributed by atoms with Crippen LogP contribution in [0.15, 0.2) is 12.3 Å². The molecule has 0 aliphatic rings. The van der Waals surface area contributed by atoms with Gasteiger partial charge in [-0.2, -0.15) is 5.10 Å². The Hall–Kier alpha value is -0.830. The third kappa shape index (κ3) is 4.81. The number of nitrogens with one attached hydrogen (secondary N) is 1. The standard InChI is InChI=1S/C15H29N3/c1-4-7-8-9-10-14(16-6-3)15-11-12-17-18(15)13-5-2/h11-12,14,16H,4-10,13H2,1-3H3. The third-order valence-corrected chi connectivity index (χ3v) is 3.34. The van der Waals surface area contributed by atoms with Gasteiger partial charge in [0.25, 0.3) is 0 Å². The van der Waals surface area contributed by atoms with Crippen molar-refractivity contribution in [1.29, 1.82) is 0 Å². The Morgan fingerprint density at radius 3 is 2.67 bits per heavy atom. The van der Waals surface area contributed by atoms with Gasteiger partial charge in [0.1, 0.15) is 0 Å². The highest BCUT2D eigenvalue weighted by Gasteiger charge is 2.14. The smallest absolute Gasteiger partial charge is 0.0553 e. The van der Waals surface area contributed by atoms with Crippen LogP contribution in [0, 0.1) is 0 Å². The molecular weight excluding hydrogens is 222 g/mol. The van der Waals surface area contributed by atoms with Crippen LogP contribution in [0.3, 0.4) is 0 Å². The zero-order valence-corrected chi connectivity index (χ0v) is 12.3. The molecule has 0 fully saturated rings. The lowest BCUT2D eigenvalue weighted by molar-refractivity contribution is 0.439. The van der Waals surface area contributed by atoms with Crippen molar-refractivity contribution < 1.29 is 0 Å². The second-order valence-electron chi connectivity index (χ2n) is 4.94. The van der Waals surface area contributed by atoms with Crippen LogP contribution >= 0.6 is 0 Å². The minimum absolute atomic E-state index is 0.473. The van der Waals surface area contributed by atoms with E-state index in [0.29, 0.717) is 6.04 Å². The summed E-state index contributed by atoms with van der Waals surface area (Å²) in [4.78, 5) is 0. The SMILES string of the molecule is CCCCCCC(NCC)c1ccnn1CCC. The van der Waals surface area contributed by atoms with Gasteiger partial charge in [-0.3, -0.25) is 4.68 Å². The van der Waals surface area contributed by atoms with Crippen molar-refractivity contribution in [3.63, 3.8) is 0 Å². The molecule has 0 bridgehead atoms. The molecule has 0 amide bonds. The summed E-state index contributed by atoms with van der Waals surface area (Å²) in [5, 5.41) is 8.03. The molecule has 1 unspecified atom stereocenters. The molecule has 18 heavy (non-hydrogen) atoms. The third-order valence-electron chi connectivity index (χ3n) is 3.34. The van der Waals surface area contributed by atoms with Crippen molar-refractivity contribution in [3.05, 3.63) is 18.0 Å². The first kappa shape index (κ1) is 15.2. The summed E-state index contributed by atoms with van der Waals surface area (Å²) in [7, 11) is 0. The van der Waals surface area contributed by atoms with Crippen LogP contribution in [0.5, 0.6) is 0 Å². The largest absolute Gasteiger partial charge is 0.309 e. The Morgan fingerprint density at radius 2 is 2.00 bits per heavy atom. The Balaban J connectivity index is 2.56. The number of hydrogen-bond acceptors (Lipinski definition) is 2. The molecule has 1 aromatic heterocycles. The van der Waals surface area contributed by atoms with Gasteiger partial charge in [-0.1, -0.05) is 46.5 Å². The van der Waals surface area contributed by atoms with Gasteiger partial charge in [-0.15, -0.1) is 0 Å². The summed E-state index contributed by atoms with van der Waals surface area (Å²) in [6.45, 7) is 8.70. The van der Waals surface area contributed by atoms with Crippen molar-refractivity contribution >= 4 is 0 Å². The van der Waals surface area contributed by atoms with Gasteiger partial charge in [0.05, 0.1) is 5.69 Å². The van der Waals surface area contributed by atoms with Crippen LogP contribution in [0.2, 0.25) is 0 Å². The van der Waals surface area contributed by atoms with E-state index >= 15 is 0 Å². The monoisotopic (exact) mass is 251 g/mol. The number of unbranched alkanes of at least 4 members (excludes halogenated alkanes) is 3. The average Bonchev–Trinajstić information content (AvgIpc) is 2.82. The predicted molar refractivity (Wildman–Crippen MR) is 77.7 cm³/mol. The second-order valence-corrected chi connectivity index (χ2v) is 4.94. The average molecular weight is 251 g/mol. The number of nitrogens with zero attached hydrogens (tertiary/aromatic N) is 2. The molecule has 1 rings (SSSR count). The molecule has 3 nitrogen and oxygen atoms in total. The van der Waals surface area contributed by atoms with Crippen molar-refractivity contribution in [2.24, 2.45) is 0 Å². The van der Waals surface area contributed by atoms with Crippen LogP contribution in [0.25, 0.3) is 0 Å². The topological polar surface area (TPSA) is 29.9 Å². The van der Waals surface area contributed by atoms with Gasteiger partial charge in [-0.05, 0) is 25.5 Å². The summed E-state index contributed by atoms with van der Waals surface area (Å²) < 4.78 is 2.16. The summed E-state index contributed by atoms with van der Waals surface area (Å²) in [6, 6.07) is 2.64. The molecule has 0 saturated carbocycles. The highest BCUT2D eigenvalue weighted by molar-refractivity contribution is 5.07. The van der Waals surface area contributed by atoms with Crippen molar-refractivity contribution in [2.45, 2.75) is 71.9 Å². The van der Waals surface area contributed by atoms with Crippen molar-refractivity contribution in [1.82, 2.24) is 15.1 Å². The minimum atomic E-state index is 0.473. The summed E-state index contributed by atoms with van der Waals surface area (Å²) in [5.41, 5.74) is 1.36. The van der Waals surface area contributed by atoms with Gasteiger partial charge in [0, 0.05) is 18.8 Å². The fourth-order valence-electron chi connectivity index (χ4n) is 2.41. The normalized spacial score (nSPS) is 12.8. The maximum absolute atomic E-state index is 4.43. The molecule has 1 atom stereocenters. The van der Waals surface area contributed by atoms with Gasteiger partial charge >= 0.3 is 0 Å². The van der Waals surface area contributed by atoms with Crippen LogP contribution in [0.1, 0.15) is 71.0 Å². The Labute approximate surface area is 112 Å². The molecular formula is C15H29N3. The zero-order valence-electron chi connectivity index (χ0n) is 12.3. The van der Waals surface area contributed by atoms with E-state index in [1.54, 1.807) is 0 Å². The van der Waals surface area contributed by atoms with E-state index < -0.39 is 0 Å². The minimum Gasteiger partial charge on any atom is -0.309 e. The zero-order chi connectivity index (χ0) is 13.2. The van der Waals surface area contributed by atoms with Crippen LogP contribution in [-0.4, -0.2) is 16.3 Å². The highest BCUT2D eigenvalue weighted by atomic mass is 15.3.